The second-order valence-corrected chi connectivity index (χ2v) is 7.32. The predicted octanol–water partition coefficient (Wildman–Crippen LogP) is 3.62. The zero-order valence-electron chi connectivity index (χ0n) is 18.1. The van der Waals surface area contributed by atoms with Gasteiger partial charge in [0.25, 0.3) is 5.91 Å². The number of carbonyl (C=O) groups is 2. The van der Waals surface area contributed by atoms with Gasteiger partial charge in [-0.3, -0.25) is 9.59 Å². The van der Waals surface area contributed by atoms with Crippen molar-refractivity contribution < 1.29 is 14.0 Å². The molecule has 168 valence electrons. The molecule has 2 aromatic carbocycles. The van der Waals surface area contributed by atoms with E-state index in [0.717, 1.165) is 0 Å². The van der Waals surface area contributed by atoms with Gasteiger partial charge in [0.05, 0.1) is 23.1 Å². The van der Waals surface area contributed by atoms with Crippen molar-refractivity contribution >= 4 is 23.2 Å². The Balaban J connectivity index is 1.44. The topological polar surface area (TPSA) is 107 Å². The van der Waals surface area contributed by atoms with Gasteiger partial charge in [0.2, 0.25) is 5.91 Å². The van der Waals surface area contributed by atoms with E-state index < -0.39 is 6.04 Å². The van der Waals surface area contributed by atoms with E-state index in [9.17, 15) is 14.0 Å². The van der Waals surface area contributed by atoms with Gasteiger partial charge in [0, 0.05) is 11.4 Å². The monoisotopic (exact) mass is 447 g/mol. The number of hydrogen-bond donors (Lipinski definition) is 2. The van der Waals surface area contributed by atoms with Gasteiger partial charge in [0.15, 0.2) is 0 Å². The first-order valence-electron chi connectivity index (χ1n) is 10.4. The molecule has 2 N–H and O–H groups in total. The first kappa shape index (κ1) is 21.9. The second kappa shape index (κ2) is 9.43. The van der Waals surface area contributed by atoms with Crippen LogP contribution in [0.3, 0.4) is 0 Å². The van der Waals surface area contributed by atoms with Crippen LogP contribution in [0.15, 0.2) is 67.4 Å². The second-order valence-electron chi connectivity index (χ2n) is 7.32. The Morgan fingerprint density at radius 2 is 1.67 bits per heavy atom. The molecule has 4 aromatic rings. The molecule has 0 saturated carbocycles. The molecule has 0 aliphatic heterocycles. The molecular weight excluding hydrogens is 425 g/mol. The van der Waals surface area contributed by atoms with Gasteiger partial charge in [0.1, 0.15) is 24.5 Å². The summed E-state index contributed by atoms with van der Waals surface area (Å²) in [6.07, 6.45) is 4.91. The Kier molecular flexibility index (Phi) is 6.25. The normalized spacial score (nSPS) is 11.7. The quantitative estimate of drug-likeness (QED) is 0.450. The molecule has 1 atom stereocenters. The highest BCUT2D eigenvalue weighted by Crippen LogP contribution is 2.20. The van der Waals surface area contributed by atoms with E-state index >= 15 is 0 Å². The Bertz CT molecular complexity index is 1250. The highest BCUT2D eigenvalue weighted by molar-refractivity contribution is 6.05. The van der Waals surface area contributed by atoms with Crippen LogP contribution in [0, 0.1) is 5.82 Å². The minimum absolute atomic E-state index is 0.238. The lowest BCUT2D eigenvalue weighted by atomic mass is 10.1. The summed E-state index contributed by atoms with van der Waals surface area (Å²) in [5.74, 6) is -0.885. The van der Waals surface area contributed by atoms with Crippen LogP contribution in [0.2, 0.25) is 0 Å². The van der Waals surface area contributed by atoms with Gasteiger partial charge in [-0.05, 0) is 61.9 Å². The number of halogens is 1. The zero-order chi connectivity index (χ0) is 23.4. The average Bonchev–Trinajstić information content (AvgIpc) is 3.50. The van der Waals surface area contributed by atoms with E-state index in [0.29, 0.717) is 34.7 Å². The molecule has 0 aliphatic carbocycles. The van der Waals surface area contributed by atoms with Crippen LogP contribution in [-0.4, -0.2) is 36.4 Å². The molecule has 1 unspecified atom stereocenters. The minimum atomic E-state index is -0.517. The molecule has 2 aromatic heterocycles. The molecule has 2 heterocycles. The molecule has 0 spiro atoms. The van der Waals surface area contributed by atoms with Crippen molar-refractivity contribution in [3.8, 4) is 5.69 Å². The molecule has 0 fully saturated rings. The SMILES string of the molecule is CCc1c(C(=O)Nc2ccc(NC(=O)C(C)n3cncn3)cc2)cnn1-c1ccc(F)cc1. The van der Waals surface area contributed by atoms with E-state index in [-0.39, 0.29) is 17.6 Å². The van der Waals surface area contributed by atoms with Gasteiger partial charge < -0.3 is 10.6 Å². The molecule has 0 aliphatic rings. The maximum Gasteiger partial charge on any atom is 0.259 e. The third-order valence-electron chi connectivity index (χ3n) is 5.14. The van der Waals surface area contributed by atoms with Gasteiger partial charge in [-0.15, -0.1) is 0 Å². The van der Waals surface area contributed by atoms with Crippen molar-refractivity contribution in [2.75, 3.05) is 10.6 Å². The van der Waals surface area contributed by atoms with E-state index in [1.54, 1.807) is 48.0 Å². The average molecular weight is 447 g/mol. The van der Waals surface area contributed by atoms with Crippen LogP contribution in [0.1, 0.15) is 35.9 Å². The maximum absolute atomic E-state index is 13.2. The van der Waals surface area contributed by atoms with Crippen molar-refractivity contribution in [1.82, 2.24) is 24.5 Å². The fraction of sp³-hybridized carbons (Fsp3) is 0.174. The first-order chi connectivity index (χ1) is 16.0. The summed E-state index contributed by atoms with van der Waals surface area (Å²) in [6, 6.07) is 12.2. The largest absolute Gasteiger partial charge is 0.324 e. The molecule has 0 saturated heterocycles. The Morgan fingerprint density at radius 1 is 1.00 bits per heavy atom. The van der Waals surface area contributed by atoms with Gasteiger partial charge in [-0.2, -0.15) is 10.2 Å². The summed E-state index contributed by atoms with van der Waals surface area (Å²) in [4.78, 5) is 29.1. The molecule has 0 radical (unpaired) electrons. The van der Waals surface area contributed by atoms with E-state index in [1.807, 2.05) is 6.92 Å². The third-order valence-corrected chi connectivity index (χ3v) is 5.14. The number of nitrogens with one attached hydrogen (secondary N) is 2. The lowest BCUT2D eigenvalue weighted by Crippen LogP contribution is -2.24. The standard InChI is InChI=1S/C23H22FN7O2/c1-3-21-20(12-26-31(21)19-10-4-16(24)5-11-19)23(33)29-18-8-6-17(7-9-18)28-22(32)15(2)30-14-25-13-27-30/h4-15H,3H2,1-2H3,(H,28,32)(H,29,33). The van der Waals surface area contributed by atoms with Crippen LogP contribution < -0.4 is 10.6 Å². The van der Waals surface area contributed by atoms with Crippen LogP contribution in [0.4, 0.5) is 15.8 Å². The number of anilines is 2. The van der Waals surface area contributed by atoms with Gasteiger partial charge in [-0.1, -0.05) is 6.92 Å². The van der Waals surface area contributed by atoms with Crippen LogP contribution in [0.5, 0.6) is 0 Å². The van der Waals surface area contributed by atoms with Crippen molar-refractivity contribution in [3.05, 3.63) is 84.5 Å². The Labute approximate surface area is 189 Å². The predicted molar refractivity (Wildman–Crippen MR) is 121 cm³/mol. The molecular formula is C23H22FN7O2. The smallest absolute Gasteiger partial charge is 0.259 e. The van der Waals surface area contributed by atoms with Gasteiger partial charge in [-0.25, -0.2) is 18.7 Å². The molecule has 4 rings (SSSR count). The summed E-state index contributed by atoms with van der Waals surface area (Å²) in [5.41, 5.74) is 2.97. The first-order valence-corrected chi connectivity index (χ1v) is 10.4. The minimum Gasteiger partial charge on any atom is -0.324 e. The summed E-state index contributed by atoms with van der Waals surface area (Å²) < 4.78 is 16.3. The Hall–Kier alpha value is -4.34. The highest BCUT2D eigenvalue weighted by Gasteiger charge is 2.18. The van der Waals surface area contributed by atoms with Crippen molar-refractivity contribution in [2.45, 2.75) is 26.3 Å². The van der Waals surface area contributed by atoms with Crippen LogP contribution in [-0.2, 0) is 11.2 Å². The van der Waals surface area contributed by atoms with Crippen LogP contribution >= 0.6 is 0 Å². The highest BCUT2D eigenvalue weighted by atomic mass is 19.1. The lowest BCUT2D eigenvalue weighted by Gasteiger charge is -2.12. The van der Waals surface area contributed by atoms with Crippen molar-refractivity contribution in [1.29, 1.82) is 0 Å². The number of carbonyl (C=O) groups excluding carboxylic acids is 2. The van der Waals surface area contributed by atoms with Crippen molar-refractivity contribution in [2.24, 2.45) is 0 Å². The zero-order valence-corrected chi connectivity index (χ0v) is 18.1. The van der Waals surface area contributed by atoms with E-state index in [1.165, 1.54) is 35.7 Å². The number of rotatable bonds is 7. The third kappa shape index (κ3) is 4.79. The summed E-state index contributed by atoms with van der Waals surface area (Å²) >= 11 is 0. The lowest BCUT2D eigenvalue weighted by molar-refractivity contribution is -0.119. The molecule has 2 amide bonds. The number of aromatic nitrogens is 5. The maximum atomic E-state index is 13.2. The molecule has 0 bridgehead atoms. The summed E-state index contributed by atoms with van der Waals surface area (Å²) in [6.45, 7) is 3.64. The fourth-order valence-electron chi connectivity index (χ4n) is 3.33. The van der Waals surface area contributed by atoms with E-state index in [2.05, 4.69) is 25.8 Å². The molecule has 9 nitrogen and oxygen atoms in total. The molecule has 10 heteroatoms. The van der Waals surface area contributed by atoms with Gasteiger partial charge >= 0.3 is 0 Å². The summed E-state index contributed by atoms with van der Waals surface area (Å²) in [5, 5.41) is 13.9. The number of amides is 2. The number of benzene rings is 2. The number of nitrogens with zero attached hydrogens (tertiary/aromatic N) is 5. The van der Waals surface area contributed by atoms with Crippen molar-refractivity contribution in [3.63, 3.8) is 0 Å². The van der Waals surface area contributed by atoms with Crippen LogP contribution in [0.25, 0.3) is 5.69 Å². The van der Waals surface area contributed by atoms with E-state index in [4.69, 9.17) is 0 Å². The fourth-order valence-corrected chi connectivity index (χ4v) is 3.33. The Morgan fingerprint density at radius 3 is 2.27 bits per heavy atom. The molecule has 33 heavy (non-hydrogen) atoms. The summed E-state index contributed by atoms with van der Waals surface area (Å²) in [7, 11) is 0. The number of hydrogen-bond acceptors (Lipinski definition) is 5.